The van der Waals surface area contributed by atoms with E-state index >= 15 is 0 Å². The van der Waals surface area contributed by atoms with Crippen LogP contribution >= 0.6 is 0 Å². The Morgan fingerprint density at radius 1 is 0.920 bits per heavy atom. The summed E-state index contributed by atoms with van der Waals surface area (Å²) in [4.78, 5) is 17.0. The van der Waals surface area contributed by atoms with Gasteiger partial charge < -0.3 is 10.1 Å². The average molecular weight is 332 g/mol. The van der Waals surface area contributed by atoms with Crippen molar-refractivity contribution in [3.8, 4) is 5.75 Å². The van der Waals surface area contributed by atoms with Crippen molar-refractivity contribution in [1.29, 1.82) is 0 Å². The first-order valence-corrected chi connectivity index (χ1v) is 8.22. The molecule has 2 aromatic carbocycles. The highest BCUT2D eigenvalue weighted by atomic mass is 16.5. The maximum absolute atomic E-state index is 12.6. The summed E-state index contributed by atoms with van der Waals surface area (Å²) in [6.07, 6.45) is 1.11. The Balaban J connectivity index is 1.77. The number of para-hydroxylation sites is 1. The molecule has 0 saturated heterocycles. The lowest BCUT2D eigenvalue weighted by atomic mass is 10.0. The highest BCUT2D eigenvalue weighted by Gasteiger charge is 2.22. The molecule has 3 rings (SSSR count). The smallest absolute Gasteiger partial charge is 0.261 e. The molecule has 0 unspecified atom stereocenters. The molecule has 4 heteroatoms. The van der Waals surface area contributed by atoms with Crippen molar-refractivity contribution in [2.45, 2.75) is 19.1 Å². The molecule has 0 aliphatic heterocycles. The van der Waals surface area contributed by atoms with Gasteiger partial charge in [-0.15, -0.1) is 0 Å². The Hall–Kier alpha value is -3.14. The minimum Gasteiger partial charge on any atom is -0.481 e. The van der Waals surface area contributed by atoms with Crippen molar-refractivity contribution in [3.05, 3.63) is 96.3 Å². The fraction of sp³-hybridized carbons (Fsp3) is 0.143. The van der Waals surface area contributed by atoms with Crippen LogP contribution in [-0.2, 0) is 4.79 Å². The van der Waals surface area contributed by atoms with E-state index in [1.165, 1.54) is 0 Å². The number of pyridine rings is 1. The van der Waals surface area contributed by atoms with E-state index in [1.807, 2.05) is 78.9 Å². The van der Waals surface area contributed by atoms with Gasteiger partial charge in [0.2, 0.25) is 0 Å². The Labute approximate surface area is 147 Å². The molecule has 1 aromatic heterocycles. The lowest BCUT2D eigenvalue weighted by Gasteiger charge is -2.21. The molecule has 1 heterocycles. The third-order valence-corrected chi connectivity index (χ3v) is 3.83. The fourth-order valence-electron chi connectivity index (χ4n) is 2.54. The predicted octanol–water partition coefficient (Wildman–Crippen LogP) is 3.75. The standard InChI is InChI=1S/C21H20N2O2/c1-16(25-18-12-6-3-7-13-18)21(24)23-20(17-10-4-2-5-11-17)19-14-8-9-15-22-19/h2-16,20H,1H3,(H,23,24)/t16-,20+/m0/s1. The van der Waals surface area contributed by atoms with E-state index in [-0.39, 0.29) is 11.9 Å². The highest BCUT2D eigenvalue weighted by Crippen LogP contribution is 2.20. The largest absolute Gasteiger partial charge is 0.481 e. The van der Waals surface area contributed by atoms with E-state index in [9.17, 15) is 4.79 Å². The van der Waals surface area contributed by atoms with Crippen LogP contribution in [0.2, 0.25) is 0 Å². The molecular formula is C21H20N2O2. The first-order valence-electron chi connectivity index (χ1n) is 8.22. The van der Waals surface area contributed by atoms with E-state index in [2.05, 4.69) is 10.3 Å². The second kappa shape index (κ2) is 8.11. The number of benzene rings is 2. The van der Waals surface area contributed by atoms with E-state index in [0.29, 0.717) is 5.75 Å². The van der Waals surface area contributed by atoms with Gasteiger partial charge in [0.05, 0.1) is 11.7 Å². The molecule has 25 heavy (non-hydrogen) atoms. The molecule has 0 aliphatic carbocycles. The van der Waals surface area contributed by atoms with Gasteiger partial charge in [-0.2, -0.15) is 0 Å². The Bertz CT molecular complexity index is 752. The van der Waals surface area contributed by atoms with E-state index in [4.69, 9.17) is 4.74 Å². The number of carbonyl (C=O) groups excluding carboxylic acids is 1. The maximum atomic E-state index is 12.6. The molecule has 0 aliphatic rings. The van der Waals surface area contributed by atoms with Gasteiger partial charge >= 0.3 is 0 Å². The normalized spacial score (nSPS) is 12.8. The van der Waals surface area contributed by atoms with Gasteiger partial charge in [-0.25, -0.2) is 0 Å². The number of nitrogens with zero attached hydrogens (tertiary/aromatic N) is 1. The van der Waals surface area contributed by atoms with Crippen LogP contribution in [0.3, 0.4) is 0 Å². The average Bonchev–Trinajstić information content (AvgIpc) is 2.68. The highest BCUT2D eigenvalue weighted by molar-refractivity contribution is 5.81. The SMILES string of the molecule is C[C@H](Oc1ccccc1)C(=O)N[C@H](c1ccccc1)c1ccccn1. The number of aromatic nitrogens is 1. The van der Waals surface area contributed by atoms with Gasteiger partial charge in [-0.3, -0.25) is 9.78 Å². The van der Waals surface area contributed by atoms with Crippen LogP contribution < -0.4 is 10.1 Å². The van der Waals surface area contributed by atoms with Crippen LogP contribution in [0.4, 0.5) is 0 Å². The lowest BCUT2D eigenvalue weighted by Crippen LogP contribution is -2.39. The van der Waals surface area contributed by atoms with Gasteiger partial charge in [-0.1, -0.05) is 54.6 Å². The van der Waals surface area contributed by atoms with Crippen molar-refractivity contribution in [2.75, 3.05) is 0 Å². The molecule has 0 spiro atoms. The molecule has 0 saturated carbocycles. The first-order chi connectivity index (χ1) is 12.2. The summed E-state index contributed by atoms with van der Waals surface area (Å²) in [7, 11) is 0. The van der Waals surface area contributed by atoms with Crippen LogP contribution in [-0.4, -0.2) is 17.0 Å². The molecule has 1 N–H and O–H groups in total. The van der Waals surface area contributed by atoms with Gasteiger partial charge in [0.25, 0.3) is 5.91 Å². The fourth-order valence-corrected chi connectivity index (χ4v) is 2.54. The molecule has 0 radical (unpaired) electrons. The summed E-state index contributed by atoms with van der Waals surface area (Å²) in [5, 5.41) is 3.04. The van der Waals surface area contributed by atoms with Gasteiger partial charge in [0.15, 0.2) is 6.10 Å². The van der Waals surface area contributed by atoms with Crippen molar-refractivity contribution < 1.29 is 9.53 Å². The quantitative estimate of drug-likeness (QED) is 0.748. The summed E-state index contributed by atoms with van der Waals surface area (Å²) in [6, 6.07) is 24.5. The van der Waals surface area contributed by atoms with Gasteiger partial charge in [0.1, 0.15) is 5.75 Å². The molecule has 1 amide bonds. The van der Waals surface area contributed by atoms with Crippen LogP contribution in [0.1, 0.15) is 24.2 Å². The van der Waals surface area contributed by atoms with Crippen LogP contribution in [0.5, 0.6) is 5.75 Å². The van der Waals surface area contributed by atoms with Gasteiger partial charge in [0, 0.05) is 6.20 Å². The van der Waals surface area contributed by atoms with Crippen molar-refractivity contribution in [2.24, 2.45) is 0 Å². The Morgan fingerprint density at radius 3 is 2.20 bits per heavy atom. The second-order valence-corrected chi connectivity index (χ2v) is 5.68. The molecule has 126 valence electrons. The predicted molar refractivity (Wildman–Crippen MR) is 97.2 cm³/mol. The van der Waals surface area contributed by atoms with Crippen LogP contribution in [0.25, 0.3) is 0 Å². The lowest BCUT2D eigenvalue weighted by molar-refractivity contribution is -0.127. The number of hydrogen-bond acceptors (Lipinski definition) is 3. The van der Waals surface area contributed by atoms with E-state index in [1.54, 1.807) is 13.1 Å². The third-order valence-electron chi connectivity index (χ3n) is 3.83. The van der Waals surface area contributed by atoms with E-state index in [0.717, 1.165) is 11.3 Å². The number of amides is 1. The molecule has 2 atom stereocenters. The summed E-state index contributed by atoms with van der Waals surface area (Å²) in [5.74, 6) is 0.475. The first kappa shape index (κ1) is 16.7. The Morgan fingerprint density at radius 2 is 1.56 bits per heavy atom. The molecule has 3 aromatic rings. The maximum Gasteiger partial charge on any atom is 0.261 e. The van der Waals surface area contributed by atoms with Crippen molar-refractivity contribution in [3.63, 3.8) is 0 Å². The van der Waals surface area contributed by atoms with Crippen LogP contribution in [0, 0.1) is 0 Å². The number of ether oxygens (including phenoxy) is 1. The zero-order valence-electron chi connectivity index (χ0n) is 14.0. The number of rotatable bonds is 6. The summed E-state index contributed by atoms with van der Waals surface area (Å²) < 4.78 is 5.72. The topological polar surface area (TPSA) is 51.2 Å². The minimum atomic E-state index is -0.614. The molecule has 4 nitrogen and oxygen atoms in total. The second-order valence-electron chi connectivity index (χ2n) is 5.68. The zero-order valence-corrected chi connectivity index (χ0v) is 14.0. The minimum absolute atomic E-state index is 0.191. The summed E-state index contributed by atoms with van der Waals surface area (Å²) in [6.45, 7) is 1.74. The molecular weight excluding hydrogens is 312 g/mol. The Kier molecular flexibility index (Phi) is 5.42. The van der Waals surface area contributed by atoms with E-state index < -0.39 is 6.10 Å². The van der Waals surface area contributed by atoms with Crippen molar-refractivity contribution >= 4 is 5.91 Å². The zero-order chi connectivity index (χ0) is 17.5. The molecule has 0 fully saturated rings. The van der Waals surface area contributed by atoms with Crippen molar-refractivity contribution in [1.82, 2.24) is 10.3 Å². The summed E-state index contributed by atoms with van der Waals surface area (Å²) in [5.41, 5.74) is 1.76. The number of carbonyl (C=O) groups is 1. The number of nitrogens with one attached hydrogen (secondary N) is 1. The monoisotopic (exact) mass is 332 g/mol. The number of hydrogen-bond donors (Lipinski definition) is 1. The summed E-state index contributed by atoms with van der Waals surface area (Å²) >= 11 is 0. The van der Waals surface area contributed by atoms with Gasteiger partial charge in [-0.05, 0) is 36.8 Å². The third kappa shape index (κ3) is 4.44. The molecule has 0 bridgehead atoms. The van der Waals surface area contributed by atoms with Crippen LogP contribution in [0.15, 0.2) is 85.1 Å².